The van der Waals surface area contributed by atoms with Crippen LogP contribution < -0.4 is 0 Å². The molecule has 21 heavy (non-hydrogen) atoms. The van der Waals surface area contributed by atoms with E-state index in [9.17, 15) is 5.11 Å². The summed E-state index contributed by atoms with van der Waals surface area (Å²) in [7, 11) is 0. The Morgan fingerprint density at radius 1 is 0.857 bits per heavy atom. The summed E-state index contributed by atoms with van der Waals surface area (Å²) in [6.45, 7) is 7.97. The third-order valence-corrected chi connectivity index (χ3v) is 8.97. The maximum absolute atomic E-state index is 10.1. The van der Waals surface area contributed by atoms with Gasteiger partial charge in [0.15, 0.2) is 0 Å². The first-order valence-electron chi connectivity index (χ1n) is 9.47. The van der Waals surface area contributed by atoms with Gasteiger partial charge in [0.1, 0.15) is 0 Å². The Kier molecular flexibility index (Phi) is 2.96. The zero-order valence-electron chi connectivity index (χ0n) is 14.4. The van der Waals surface area contributed by atoms with Gasteiger partial charge in [0.05, 0.1) is 0 Å². The van der Waals surface area contributed by atoms with Crippen molar-refractivity contribution in [1.82, 2.24) is 0 Å². The van der Waals surface area contributed by atoms with Gasteiger partial charge in [-0.2, -0.15) is 0 Å². The van der Waals surface area contributed by atoms with Gasteiger partial charge < -0.3 is 5.11 Å². The van der Waals surface area contributed by atoms with E-state index in [1.165, 1.54) is 64.2 Å². The van der Waals surface area contributed by atoms with Crippen molar-refractivity contribution in [1.29, 1.82) is 0 Å². The highest BCUT2D eigenvalue weighted by atomic mass is 16.3. The molecular weight excluding hydrogens is 256 g/mol. The fourth-order valence-corrected chi connectivity index (χ4v) is 8.04. The quantitative estimate of drug-likeness (QED) is 0.706. The van der Waals surface area contributed by atoms with Crippen LogP contribution in [0.2, 0.25) is 0 Å². The summed E-state index contributed by atoms with van der Waals surface area (Å²) >= 11 is 0. The third kappa shape index (κ3) is 1.79. The van der Waals surface area contributed by atoms with Crippen molar-refractivity contribution in [2.24, 2.45) is 33.5 Å². The highest BCUT2D eigenvalue weighted by molar-refractivity contribution is 5.14. The Morgan fingerprint density at radius 3 is 2.38 bits per heavy atom. The molecule has 1 heteroatoms. The molecule has 0 heterocycles. The van der Waals surface area contributed by atoms with Crippen LogP contribution in [0.1, 0.15) is 85.0 Å². The predicted molar refractivity (Wildman–Crippen MR) is 87.0 cm³/mol. The van der Waals surface area contributed by atoms with Crippen LogP contribution in [-0.2, 0) is 0 Å². The molecule has 0 saturated heterocycles. The van der Waals surface area contributed by atoms with Gasteiger partial charge in [-0.05, 0) is 91.3 Å². The van der Waals surface area contributed by atoms with Crippen molar-refractivity contribution in [2.75, 3.05) is 6.61 Å². The molecule has 4 aliphatic carbocycles. The van der Waals surface area contributed by atoms with Gasteiger partial charge in [-0.3, -0.25) is 0 Å². The number of aliphatic hydroxyl groups is 1. The van der Waals surface area contributed by atoms with Crippen LogP contribution in [0, 0.1) is 33.5 Å². The normalized spacial score (nSPS) is 59.4. The van der Waals surface area contributed by atoms with Crippen molar-refractivity contribution in [2.45, 2.75) is 85.0 Å². The number of aliphatic hydroxyl groups excluding tert-OH is 1. The summed E-state index contributed by atoms with van der Waals surface area (Å²) in [6, 6.07) is 0. The summed E-state index contributed by atoms with van der Waals surface area (Å²) in [4.78, 5) is 0. The maximum Gasteiger partial charge on any atom is 0.0487 e. The zero-order chi connectivity index (χ0) is 14.9. The van der Waals surface area contributed by atoms with E-state index in [1.807, 2.05) is 0 Å². The maximum atomic E-state index is 10.1. The molecule has 0 aromatic carbocycles. The molecule has 4 saturated carbocycles. The highest BCUT2D eigenvalue weighted by Crippen LogP contribution is 2.73. The zero-order valence-corrected chi connectivity index (χ0v) is 14.4. The minimum absolute atomic E-state index is 0.202. The monoisotopic (exact) mass is 290 g/mol. The molecule has 4 fully saturated rings. The Bertz CT molecular complexity index is 445. The van der Waals surface area contributed by atoms with E-state index < -0.39 is 0 Å². The molecule has 0 aliphatic heterocycles. The Hall–Kier alpha value is -0.0400. The highest BCUT2D eigenvalue weighted by Gasteiger charge is 2.64. The number of hydrogen-bond donors (Lipinski definition) is 1. The smallest absolute Gasteiger partial charge is 0.0487 e. The fraction of sp³-hybridized carbons (Fsp3) is 1.00. The van der Waals surface area contributed by atoms with Gasteiger partial charge in [-0.25, -0.2) is 0 Å². The molecule has 2 bridgehead atoms. The van der Waals surface area contributed by atoms with Crippen LogP contribution in [0.15, 0.2) is 0 Å². The van der Waals surface area contributed by atoms with Crippen molar-refractivity contribution in [3.8, 4) is 0 Å². The number of hydrogen-bond acceptors (Lipinski definition) is 1. The lowest BCUT2D eigenvalue weighted by atomic mass is 9.40. The van der Waals surface area contributed by atoms with Gasteiger partial charge in [0, 0.05) is 6.61 Å². The first kappa shape index (κ1) is 14.5. The second-order valence-corrected chi connectivity index (χ2v) is 10.2. The van der Waals surface area contributed by atoms with Crippen LogP contribution in [0.4, 0.5) is 0 Å². The van der Waals surface area contributed by atoms with Gasteiger partial charge in [-0.1, -0.05) is 27.2 Å². The summed E-state index contributed by atoms with van der Waals surface area (Å²) in [5.41, 5.74) is 2.08. The predicted octanol–water partition coefficient (Wildman–Crippen LogP) is 5.17. The molecule has 0 aromatic rings. The SMILES string of the molecule is C[C@@]12CCC3[C@@](CCC4[C@@](C)(CO)CCC[C@]43C)(CC1)C2. The van der Waals surface area contributed by atoms with E-state index in [1.54, 1.807) is 0 Å². The second kappa shape index (κ2) is 4.28. The molecule has 1 spiro atoms. The Labute approximate surface area is 130 Å². The fourth-order valence-electron chi connectivity index (χ4n) is 8.04. The molecule has 0 radical (unpaired) electrons. The molecule has 4 aliphatic rings. The molecular formula is C20H34O. The molecule has 1 nitrogen and oxygen atoms in total. The lowest BCUT2D eigenvalue weighted by molar-refractivity contribution is -0.163. The van der Waals surface area contributed by atoms with E-state index in [-0.39, 0.29) is 5.41 Å². The third-order valence-electron chi connectivity index (χ3n) is 8.97. The van der Waals surface area contributed by atoms with Crippen LogP contribution in [0.3, 0.4) is 0 Å². The number of fused-ring (bicyclic) bond motifs is 3. The standard InChI is InChI=1S/C20H34O/c1-17-9-5-16-19(3)8-4-7-18(2,14-21)15(19)6-10-20(16,13-17)12-11-17/h15-16,21H,4-14H2,1-3H3/t15?,16?,17-,18-,19-,20+/m1/s1. The van der Waals surface area contributed by atoms with E-state index in [2.05, 4.69) is 20.8 Å². The van der Waals surface area contributed by atoms with Crippen LogP contribution in [0.25, 0.3) is 0 Å². The molecule has 1 N–H and O–H groups in total. The van der Waals surface area contributed by atoms with Crippen molar-refractivity contribution >= 4 is 0 Å². The van der Waals surface area contributed by atoms with E-state index in [4.69, 9.17) is 0 Å². The summed E-state index contributed by atoms with van der Waals surface area (Å²) < 4.78 is 0. The van der Waals surface area contributed by atoms with Crippen LogP contribution in [-0.4, -0.2) is 11.7 Å². The van der Waals surface area contributed by atoms with Gasteiger partial charge in [0.2, 0.25) is 0 Å². The summed E-state index contributed by atoms with van der Waals surface area (Å²) in [5, 5.41) is 10.1. The van der Waals surface area contributed by atoms with Gasteiger partial charge in [0.25, 0.3) is 0 Å². The largest absolute Gasteiger partial charge is 0.396 e. The van der Waals surface area contributed by atoms with E-state index in [0.29, 0.717) is 22.9 Å². The van der Waals surface area contributed by atoms with Crippen LogP contribution in [0.5, 0.6) is 0 Å². The molecule has 120 valence electrons. The van der Waals surface area contributed by atoms with E-state index >= 15 is 0 Å². The number of rotatable bonds is 1. The summed E-state index contributed by atoms with van der Waals surface area (Å²) in [6.07, 6.45) is 14.3. The van der Waals surface area contributed by atoms with Gasteiger partial charge >= 0.3 is 0 Å². The Balaban J connectivity index is 1.72. The lowest BCUT2D eigenvalue weighted by Gasteiger charge is -2.64. The first-order valence-corrected chi connectivity index (χ1v) is 9.47. The molecule has 4 rings (SSSR count). The molecule has 0 aromatic heterocycles. The minimum Gasteiger partial charge on any atom is -0.396 e. The van der Waals surface area contributed by atoms with Crippen molar-refractivity contribution in [3.05, 3.63) is 0 Å². The topological polar surface area (TPSA) is 20.2 Å². The minimum atomic E-state index is 0.202. The lowest BCUT2D eigenvalue weighted by Crippen LogP contribution is -2.57. The Morgan fingerprint density at radius 2 is 1.62 bits per heavy atom. The second-order valence-electron chi connectivity index (χ2n) is 10.2. The van der Waals surface area contributed by atoms with Crippen molar-refractivity contribution < 1.29 is 5.11 Å². The average Bonchev–Trinajstić information content (AvgIpc) is 2.69. The summed E-state index contributed by atoms with van der Waals surface area (Å²) in [5.74, 6) is 1.72. The molecule has 6 atom stereocenters. The average molecular weight is 290 g/mol. The first-order chi connectivity index (χ1) is 9.86. The molecule has 2 unspecified atom stereocenters. The van der Waals surface area contributed by atoms with E-state index in [0.717, 1.165) is 11.8 Å². The van der Waals surface area contributed by atoms with Crippen LogP contribution >= 0.6 is 0 Å². The van der Waals surface area contributed by atoms with Crippen molar-refractivity contribution in [3.63, 3.8) is 0 Å². The van der Waals surface area contributed by atoms with Gasteiger partial charge in [-0.15, -0.1) is 0 Å². The molecule has 0 amide bonds.